The quantitative estimate of drug-likeness (QED) is 0.433. The molecule has 0 aliphatic heterocycles. The molecule has 3 nitrogen and oxygen atoms in total. The molecule has 72 valence electrons. The van der Waals surface area contributed by atoms with Crippen molar-refractivity contribution in [2.24, 2.45) is 0 Å². The Balaban J connectivity index is 2.60. The Morgan fingerprint density at radius 1 is 1.50 bits per heavy atom. The lowest BCUT2D eigenvalue weighted by atomic mass is 10.4. The highest BCUT2D eigenvalue weighted by Gasteiger charge is 2.38. The van der Waals surface area contributed by atoms with Crippen molar-refractivity contribution in [3.05, 3.63) is 0 Å². The first-order chi connectivity index (χ1) is 5.37. The Morgan fingerprint density at radius 3 is 2.33 bits per heavy atom. The van der Waals surface area contributed by atoms with Gasteiger partial charge in [-0.25, -0.2) is 8.42 Å². The van der Waals surface area contributed by atoms with Gasteiger partial charge in [0.2, 0.25) is 10.0 Å². The number of thiol groups is 1. The van der Waals surface area contributed by atoms with E-state index in [-0.39, 0.29) is 5.25 Å². The van der Waals surface area contributed by atoms with Crippen LogP contribution in [0.3, 0.4) is 0 Å². The molecule has 0 atom stereocenters. The molecular weight excluding hydrogens is 214 g/mol. The molecule has 0 aromatic heterocycles. The van der Waals surface area contributed by atoms with Crippen molar-refractivity contribution in [1.82, 2.24) is 4.72 Å². The summed E-state index contributed by atoms with van der Waals surface area (Å²) >= 11 is 3.99. The summed E-state index contributed by atoms with van der Waals surface area (Å²) in [7, 11) is -1.87. The molecule has 0 radical (unpaired) electrons. The van der Waals surface area contributed by atoms with Crippen LogP contribution in [0.2, 0.25) is 0 Å². The van der Waals surface area contributed by atoms with E-state index in [1.165, 1.54) is 10.8 Å². The average molecular weight is 227 g/mol. The Bertz CT molecular complexity index is 256. The van der Waals surface area contributed by atoms with Gasteiger partial charge in [0, 0.05) is 0 Å². The van der Waals surface area contributed by atoms with Crippen LogP contribution in [0.15, 0.2) is 0 Å². The van der Waals surface area contributed by atoms with E-state index in [4.69, 9.17) is 0 Å². The molecule has 0 saturated heterocycles. The summed E-state index contributed by atoms with van der Waals surface area (Å²) in [4.78, 5) is -0.509. The lowest BCUT2D eigenvalue weighted by Crippen LogP contribution is -2.41. The van der Waals surface area contributed by atoms with Crippen molar-refractivity contribution in [1.29, 1.82) is 0 Å². The minimum atomic E-state index is -3.08. The van der Waals surface area contributed by atoms with Gasteiger partial charge >= 0.3 is 0 Å². The number of hydrogen-bond donors (Lipinski definition) is 2. The third-order valence-electron chi connectivity index (χ3n) is 1.58. The highest BCUT2D eigenvalue weighted by atomic mass is 33.1. The molecular formula is C6H13NO2S3. The third-order valence-corrected chi connectivity index (χ3v) is 5.78. The van der Waals surface area contributed by atoms with Crippen LogP contribution in [0.1, 0.15) is 26.7 Å². The monoisotopic (exact) mass is 227 g/mol. The van der Waals surface area contributed by atoms with Gasteiger partial charge in [-0.05, 0) is 26.7 Å². The van der Waals surface area contributed by atoms with Crippen LogP contribution in [0.25, 0.3) is 0 Å². The standard InChI is InChI=1S/C6H13NO2S3/c1-6(2,11-10)7-12(8,9)5-3-4-5/h5,7,10H,3-4H2,1-2H3. The van der Waals surface area contributed by atoms with Crippen molar-refractivity contribution in [3.8, 4) is 0 Å². The van der Waals surface area contributed by atoms with E-state index in [1.807, 2.05) is 0 Å². The Kier molecular flexibility index (Phi) is 3.03. The molecule has 6 heteroatoms. The minimum Gasteiger partial charge on any atom is -0.212 e. The first kappa shape index (κ1) is 10.7. The maximum absolute atomic E-state index is 11.4. The van der Waals surface area contributed by atoms with Crippen LogP contribution in [0.5, 0.6) is 0 Å². The summed E-state index contributed by atoms with van der Waals surface area (Å²) in [6, 6.07) is 0. The van der Waals surface area contributed by atoms with E-state index in [2.05, 4.69) is 16.4 Å². The molecule has 0 spiro atoms. The van der Waals surface area contributed by atoms with Crippen LogP contribution in [0.4, 0.5) is 0 Å². The number of nitrogens with one attached hydrogen (secondary N) is 1. The van der Waals surface area contributed by atoms with E-state index in [0.29, 0.717) is 0 Å². The molecule has 1 N–H and O–H groups in total. The maximum Gasteiger partial charge on any atom is 0.215 e. The average Bonchev–Trinajstić information content (AvgIpc) is 2.65. The van der Waals surface area contributed by atoms with Gasteiger partial charge in [-0.3, -0.25) is 0 Å². The van der Waals surface area contributed by atoms with E-state index >= 15 is 0 Å². The second kappa shape index (κ2) is 3.40. The van der Waals surface area contributed by atoms with Crippen molar-refractivity contribution >= 4 is 32.5 Å². The first-order valence-electron chi connectivity index (χ1n) is 3.73. The van der Waals surface area contributed by atoms with Crippen LogP contribution >= 0.6 is 22.5 Å². The van der Waals surface area contributed by atoms with Crippen LogP contribution in [-0.2, 0) is 10.0 Å². The van der Waals surface area contributed by atoms with Gasteiger partial charge in [-0.15, -0.1) is 11.7 Å². The van der Waals surface area contributed by atoms with Gasteiger partial charge in [0.1, 0.15) is 0 Å². The zero-order chi connectivity index (χ0) is 9.41. The number of rotatable bonds is 4. The molecule has 0 unspecified atom stereocenters. The zero-order valence-corrected chi connectivity index (χ0v) is 9.60. The Labute approximate surface area is 82.5 Å². The lowest BCUT2D eigenvalue weighted by Gasteiger charge is -2.22. The fourth-order valence-corrected chi connectivity index (χ4v) is 3.26. The van der Waals surface area contributed by atoms with E-state index in [9.17, 15) is 8.42 Å². The molecule has 12 heavy (non-hydrogen) atoms. The molecule has 0 heterocycles. The van der Waals surface area contributed by atoms with E-state index in [0.717, 1.165) is 12.8 Å². The highest BCUT2D eigenvalue weighted by molar-refractivity contribution is 8.69. The molecule has 1 rings (SSSR count). The SMILES string of the molecule is CC(C)(NS(=O)(=O)C1CC1)SS. The summed E-state index contributed by atoms with van der Waals surface area (Å²) in [5.74, 6) is 0. The summed E-state index contributed by atoms with van der Waals surface area (Å²) in [5.41, 5.74) is 0. The molecule has 0 amide bonds. The fraction of sp³-hybridized carbons (Fsp3) is 1.00. The maximum atomic E-state index is 11.4. The second-order valence-electron chi connectivity index (χ2n) is 3.45. The van der Waals surface area contributed by atoms with Crippen molar-refractivity contribution in [2.45, 2.75) is 36.8 Å². The van der Waals surface area contributed by atoms with Gasteiger partial charge < -0.3 is 0 Å². The topological polar surface area (TPSA) is 46.2 Å². The summed E-state index contributed by atoms with van der Waals surface area (Å²) < 4.78 is 25.4. The summed E-state index contributed by atoms with van der Waals surface area (Å²) in [6.07, 6.45) is 1.59. The normalized spacial score (nSPS) is 19.6. The Hall–Kier alpha value is 0.610. The van der Waals surface area contributed by atoms with Crippen LogP contribution in [0, 0.1) is 0 Å². The smallest absolute Gasteiger partial charge is 0.212 e. The van der Waals surface area contributed by atoms with Crippen LogP contribution in [-0.4, -0.2) is 18.5 Å². The first-order valence-corrected chi connectivity index (χ1v) is 7.14. The minimum absolute atomic E-state index is 0.155. The summed E-state index contributed by atoms with van der Waals surface area (Å²) in [6.45, 7) is 3.59. The second-order valence-corrected chi connectivity index (χ2v) is 7.16. The largest absolute Gasteiger partial charge is 0.215 e. The van der Waals surface area contributed by atoms with Gasteiger partial charge in [0.25, 0.3) is 0 Å². The fourth-order valence-electron chi connectivity index (χ4n) is 0.823. The molecule has 1 saturated carbocycles. The molecule has 1 aliphatic carbocycles. The van der Waals surface area contributed by atoms with Gasteiger partial charge in [-0.2, -0.15) is 4.72 Å². The van der Waals surface area contributed by atoms with Crippen molar-refractivity contribution < 1.29 is 8.42 Å². The number of sulfonamides is 1. The molecule has 1 fully saturated rings. The van der Waals surface area contributed by atoms with E-state index < -0.39 is 14.9 Å². The van der Waals surface area contributed by atoms with Gasteiger partial charge in [-0.1, -0.05) is 10.8 Å². The predicted molar refractivity (Wildman–Crippen MR) is 55.7 cm³/mol. The van der Waals surface area contributed by atoms with Crippen molar-refractivity contribution in [3.63, 3.8) is 0 Å². The molecule has 0 aromatic carbocycles. The van der Waals surface area contributed by atoms with Gasteiger partial charge in [0.15, 0.2) is 0 Å². The molecule has 1 aliphatic rings. The predicted octanol–water partition coefficient (Wildman–Crippen LogP) is 1.38. The third kappa shape index (κ3) is 2.83. The zero-order valence-electron chi connectivity index (χ0n) is 7.07. The molecule has 0 aromatic rings. The number of hydrogen-bond acceptors (Lipinski definition) is 4. The van der Waals surface area contributed by atoms with Crippen LogP contribution < -0.4 is 4.72 Å². The van der Waals surface area contributed by atoms with Crippen molar-refractivity contribution in [2.75, 3.05) is 0 Å². The Morgan fingerprint density at radius 2 is 2.00 bits per heavy atom. The summed E-state index contributed by atoms with van der Waals surface area (Å²) in [5, 5.41) is -0.155. The van der Waals surface area contributed by atoms with Gasteiger partial charge in [0.05, 0.1) is 10.1 Å². The van der Waals surface area contributed by atoms with E-state index in [1.54, 1.807) is 13.8 Å². The highest BCUT2D eigenvalue weighted by Crippen LogP contribution is 2.32. The molecule has 0 bridgehead atoms. The lowest BCUT2D eigenvalue weighted by molar-refractivity contribution is 0.558.